The molecule has 0 aliphatic carbocycles. The molecule has 1 aromatic carbocycles. The fourth-order valence-electron chi connectivity index (χ4n) is 2.07. The molecule has 2 N–H and O–H groups in total. The SMILES string of the molecule is O=C(NCC1CCCN1)c1ccccc1[N+](=O)[O-]. The van der Waals surface area contributed by atoms with E-state index in [1.54, 1.807) is 12.1 Å². The number of rotatable bonds is 4. The van der Waals surface area contributed by atoms with Crippen molar-refractivity contribution >= 4 is 11.6 Å². The molecule has 1 atom stereocenters. The van der Waals surface area contributed by atoms with Crippen molar-refractivity contribution in [3.8, 4) is 0 Å². The number of hydrogen-bond acceptors (Lipinski definition) is 4. The fourth-order valence-corrected chi connectivity index (χ4v) is 2.07. The van der Waals surface area contributed by atoms with Crippen LogP contribution in [0.4, 0.5) is 5.69 Å². The number of carbonyl (C=O) groups excluding carboxylic acids is 1. The quantitative estimate of drug-likeness (QED) is 0.617. The fraction of sp³-hybridized carbons (Fsp3) is 0.417. The highest BCUT2D eigenvalue weighted by Gasteiger charge is 2.20. The van der Waals surface area contributed by atoms with Crippen molar-refractivity contribution in [3.63, 3.8) is 0 Å². The largest absolute Gasteiger partial charge is 0.350 e. The minimum absolute atomic E-state index is 0.112. The molecule has 1 saturated heterocycles. The van der Waals surface area contributed by atoms with E-state index in [0.29, 0.717) is 6.54 Å². The van der Waals surface area contributed by atoms with Crippen LogP contribution in [0.15, 0.2) is 24.3 Å². The molecule has 96 valence electrons. The second kappa shape index (κ2) is 5.59. The number of nitrogens with zero attached hydrogens (tertiary/aromatic N) is 1. The summed E-state index contributed by atoms with van der Waals surface area (Å²) in [5, 5.41) is 16.8. The van der Waals surface area contributed by atoms with Crippen LogP contribution in [0.1, 0.15) is 23.2 Å². The van der Waals surface area contributed by atoms with E-state index < -0.39 is 10.8 Å². The molecule has 1 aliphatic heterocycles. The summed E-state index contributed by atoms with van der Waals surface area (Å²) in [6.45, 7) is 1.47. The molecule has 1 heterocycles. The molecule has 0 bridgehead atoms. The maximum atomic E-state index is 11.9. The van der Waals surface area contributed by atoms with Crippen molar-refractivity contribution in [2.45, 2.75) is 18.9 Å². The second-order valence-corrected chi connectivity index (χ2v) is 4.28. The van der Waals surface area contributed by atoms with Crippen LogP contribution in [-0.4, -0.2) is 30.0 Å². The van der Waals surface area contributed by atoms with Crippen molar-refractivity contribution in [1.82, 2.24) is 10.6 Å². The summed E-state index contributed by atoms with van der Waals surface area (Å²) in [6.07, 6.45) is 2.13. The maximum absolute atomic E-state index is 11.9. The lowest BCUT2D eigenvalue weighted by atomic mass is 10.1. The summed E-state index contributed by atoms with van der Waals surface area (Å²) in [6, 6.07) is 6.25. The molecular formula is C12H15N3O3. The van der Waals surface area contributed by atoms with E-state index in [1.165, 1.54) is 12.1 Å². The zero-order valence-electron chi connectivity index (χ0n) is 9.89. The number of para-hydroxylation sites is 1. The first kappa shape index (κ1) is 12.5. The van der Waals surface area contributed by atoms with Gasteiger partial charge in [0.05, 0.1) is 4.92 Å². The average molecular weight is 249 g/mol. The summed E-state index contributed by atoms with van der Waals surface area (Å²) in [5.74, 6) is -0.393. The molecule has 1 amide bonds. The third-order valence-electron chi connectivity index (χ3n) is 3.02. The highest BCUT2D eigenvalue weighted by molar-refractivity contribution is 5.98. The lowest BCUT2D eigenvalue weighted by molar-refractivity contribution is -0.385. The Kier molecular flexibility index (Phi) is 3.88. The van der Waals surface area contributed by atoms with Crippen molar-refractivity contribution in [3.05, 3.63) is 39.9 Å². The normalized spacial score (nSPS) is 18.6. The first-order valence-corrected chi connectivity index (χ1v) is 5.93. The molecule has 0 saturated carbocycles. The molecule has 6 nitrogen and oxygen atoms in total. The van der Waals surface area contributed by atoms with Gasteiger partial charge < -0.3 is 10.6 Å². The standard InChI is InChI=1S/C12H15N3O3/c16-12(14-8-9-4-3-7-13-9)10-5-1-2-6-11(10)15(17)18/h1-2,5-6,9,13H,3-4,7-8H2,(H,14,16). The number of hydrogen-bond donors (Lipinski definition) is 2. The van der Waals surface area contributed by atoms with Crippen LogP contribution < -0.4 is 10.6 Å². The molecule has 18 heavy (non-hydrogen) atoms. The molecule has 6 heteroatoms. The van der Waals surface area contributed by atoms with E-state index in [-0.39, 0.29) is 17.3 Å². The molecule has 0 spiro atoms. The van der Waals surface area contributed by atoms with E-state index in [4.69, 9.17) is 0 Å². The Morgan fingerprint density at radius 3 is 2.94 bits per heavy atom. The molecule has 0 aromatic heterocycles. The molecule has 1 aliphatic rings. The van der Waals surface area contributed by atoms with E-state index in [9.17, 15) is 14.9 Å². The Hall–Kier alpha value is -1.95. The third-order valence-corrected chi connectivity index (χ3v) is 3.02. The van der Waals surface area contributed by atoms with Crippen LogP contribution in [0, 0.1) is 10.1 Å². The summed E-state index contributed by atoms with van der Waals surface area (Å²) in [5.41, 5.74) is -0.0464. The van der Waals surface area contributed by atoms with Crippen LogP contribution in [0.5, 0.6) is 0 Å². The summed E-state index contributed by atoms with van der Waals surface area (Å²) in [7, 11) is 0. The van der Waals surface area contributed by atoms with Gasteiger partial charge in [-0.25, -0.2) is 0 Å². The van der Waals surface area contributed by atoms with Crippen LogP contribution >= 0.6 is 0 Å². The molecule has 1 aromatic rings. The zero-order valence-corrected chi connectivity index (χ0v) is 9.89. The lowest BCUT2D eigenvalue weighted by Crippen LogP contribution is -2.37. The Balaban J connectivity index is 2.01. The van der Waals surface area contributed by atoms with Gasteiger partial charge in [0.25, 0.3) is 11.6 Å². The topological polar surface area (TPSA) is 84.3 Å². The first-order valence-electron chi connectivity index (χ1n) is 5.93. The van der Waals surface area contributed by atoms with E-state index in [1.807, 2.05) is 0 Å². The highest BCUT2D eigenvalue weighted by Crippen LogP contribution is 2.17. The minimum atomic E-state index is -0.539. The van der Waals surface area contributed by atoms with E-state index in [0.717, 1.165) is 19.4 Å². The molecule has 2 rings (SSSR count). The van der Waals surface area contributed by atoms with Crippen LogP contribution in [0.2, 0.25) is 0 Å². The van der Waals surface area contributed by atoms with Crippen molar-refractivity contribution in [2.75, 3.05) is 13.1 Å². The Labute approximate surface area is 105 Å². The van der Waals surface area contributed by atoms with Crippen molar-refractivity contribution in [2.24, 2.45) is 0 Å². The summed E-state index contributed by atoms with van der Waals surface area (Å²) < 4.78 is 0. The number of benzene rings is 1. The van der Waals surface area contributed by atoms with Crippen LogP contribution in [-0.2, 0) is 0 Å². The van der Waals surface area contributed by atoms with Gasteiger partial charge in [-0.05, 0) is 25.5 Å². The molecule has 1 fully saturated rings. The van der Waals surface area contributed by atoms with Crippen molar-refractivity contribution in [1.29, 1.82) is 0 Å². The summed E-state index contributed by atoms with van der Waals surface area (Å²) >= 11 is 0. The van der Waals surface area contributed by atoms with Gasteiger partial charge in [-0.3, -0.25) is 14.9 Å². The van der Waals surface area contributed by atoms with Gasteiger partial charge in [0.1, 0.15) is 5.56 Å². The Morgan fingerprint density at radius 2 is 2.28 bits per heavy atom. The summed E-state index contributed by atoms with van der Waals surface area (Å²) in [4.78, 5) is 22.1. The number of amides is 1. The van der Waals surface area contributed by atoms with Crippen LogP contribution in [0.25, 0.3) is 0 Å². The maximum Gasteiger partial charge on any atom is 0.282 e. The van der Waals surface area contributed by atoms with Gasteiger partial charge in [0.2, 0.25) is 0 Å². The number of nitro benzene ring substituents is 1. The highest BCUT2D eigenvalue weighted by atomic mass is 16.6. The number of nitro groups is 1. The van der Waals surface area contributed by atoms with Crippen LogP contribution in [0.3, 0.4) is 0 Å². The number of carbonyl (C=O) groups is 1. The van der Waals surface area contributed by atoms with Gasteiger partial charge in [-0.15, -0.1) is 0 Å². The smallest absolute Gasteiger partial charge is 0.282 e. The van der Waals surface area contributed by atoms with E-state index >= 15 is 0 Å². The van der Waals surface area contributed by atoms with Gasteiger partial charge >= 0.3 is 0 Å². The zero-order chi connectivity index (χ0) is 13.0. The van der Waals surface area contributed by atoms with Crippen molar-refractivity contribution < 1.29 is 9.72 Å². The predicted molar refractivity (Wildman–Crippen MR) is 66.5 cm³/mol. The molecule has 0 radical (unpaired) electrons. The third kappa shape index (κ3) is 2.84. The molecular weight excluding hydrogens is 234 g/mol. The minimum Gasteiger partial charge on any atom is -0.350 e. The number of nitrogens with one attached hydrogen (secondary N) is 2. The van der Waals surface area contributed by atoms with Gasteiger partial charge in [-0.1, -0.05) is 12.1 Å². The lowest BCUT2D eigenvalue weighted by Gasteiger charge is -2.11. The molecule has 1 unspecified atom stereocenters. The average Bonchev–Trinajstić information content (AvgIpc) is 2.89. The van der Waals surface area contributed by atoms with Gasteiger partial charge in [0.15, 0.2) is 0 Å². The van der Waals surface area contributed by atoms with Gasteiger partial charge in [0, 0.05) is 18.7 Å². The first-order chi connectivity index (χ1) is 8.68. The van der Waals surface area contributed by atoms with E-state index in [2.05, 4.69) is 10.6 Å². The second-order valence-electron chi connectivity index (χ2n) is 4.28. The monoisotopic (exact) mass is 249 g/mol. The Morgan fingerprint density at radius 1 is 1.50 bits per heavy atom. The van der Waals surface area contributed by atoms with Gasteiger partial charge in [-0.2, -0.15) is 0 Å². The predicted octanol–water partition coefficient (Wildman–Crippen LogP) is 1.08. The Bertz CT molecular complexity index is 456.